The molecule has 6 heteroatoms. The molecular formula is C14H20O6. The second-order valence-corrected chi connectivity index (χ2v) is 4.79. The van der Waals surface area contributed by atoms with Gasteiger partial charge in [-0.05, 0) is 19.9 Å². The third-order valence-electron chi connectivity index (χ3n) is 2.75. The van der Waals surface area contributed by atoms with Crippen LogP contribution in [-0.2, 0) is 19.1 Å². The van der Waals surface area contributed by atoms with E-state index < -0.39 is 36.4 Å². The summed E-state index contributed by atoms with van der Waals surface area (Å²) in [5.74, 6) is -1.14. The summed E-state index contributed by atoms with van der Waals surface area (Å²) in [6.45, 7) is 3.30. The molecule has 0 aromatic rings. The predicted molar refractivity (Wildman–Crippen MR) is 70.6 cm³/mol. The Bertz CT molecular complexity index is 400. The predicted octanol–water partition coefficient (Wildman–Crippen LogP) is 0.478. The molecule has 4 atom stereocenters. The van der Waals surface area contributed by atoms with Gasteiger partial charge in [0, 0.05) is 25.0 Å². The summed E-state index contributed by atoms with van der Waals surface area (Å²) in [5, 5.41) is 19.4. The van der Waals surface area contributed by atoms with E-state index in [0.717, 1.165) is 12.2 Å². The van der Waals surface area contributed by atoms with Crippen LogP contribution >= 0.6 is 0 Å². The topological polar surface area (TPSA) is 93.1 Å². The second kappa shape index (κ2) is 7.81. The summed E-state index contributed by atoms with van der Waals surface area (Å²) >= 11 is 0. The van der Waals surface area contributed by atoms with Gasteiger partial charge in [0.15, 0.2) is 0 Å². The van der Waals surface area contributed by atoms with E-state index in [4.69, 9.17) is 9.47 Å². The van der Waals surface area contributed by atoms with Crippen LogP contribution in [0.25, 0.3) is 0 Å². The maximum Gasteiger partial charge on any atom is 0.330 e. The Balaban J connectivity index is 2.79. The molecule has 0 aliphatic carbocycles. The molecule has 0 saturated carbocycles. The molecule has 2 N–H and O–H groups in total. The number of ether oxygens (including phenoxy) is 2. The zero-order chi connectivity index (χ0) is 15.1. The molecule has 1 heterocycles. The highest BCUT2D eigenvalue weighted by atomic mass is 16.5. The van der Waals surface area contributed by atoms with Crippen LogP contribution in [0.1, 0.15) is 26.7 Å². The molecule has 0 fully saturated rings. The summed E-state index contributed by atoms with van der Waals surface area (Å²) in [4.78, 5) is 22.9. The molecule has 0 aromatic heterocycles. The quantitative estimate of drug-likeness (QED) is 0.628. The van der Waals surface area contributed by atoms with Crippen molar-refractivity contribution < 1.29 is 29.3 Å². The average Bonchev–Trinajstić information content (AvgIpc) is 2.34. The Morgan fingerprint density at radius 1 is 1.05 bits per heavy atom. The summed E-state index contributed by atoms with van der Waals surface area (Å²) in [6, 6.07) is 0. The van der Waals surface area contributed by atoms with Crippen LogP contribution in [0.15, 0.2) is 24.3 Å². The summed E-state index contributed by atoms with van der Waals surface area (Å²) in [6.07, 6.45) is 2.20. The third-order valence-corrected chi connectivity index (χ3v) is 2.75. The van der Waals surface area contributed by atoms with E-state index >= 15 is 0 Å². The van der Waals surface area contributed by atoms with E-state index in [1.807, 2.05) is 0 Å². The van der Waals surface area contributed by atoms with Crippen molar-refractivity contribution in [2.24, 2.45) is 0 Å². The zero-order valence-electron chi connectivity index (χ0n) is 11.6. The molecule has 0 amide bonds. The van der Waals surface area contributed by atoms with Gasteiger partial charge in [0.05, 0.1) is 12.2 Å². The van der Waals surface area contributed by atoms with E-state index in [1.54, 1.807) is 19.9 Å². The van der Waals surface area contributed by atoms with Gasteiger partial charge in [0.1, 0.15) is 12.2 Å². The van der Waals surface area contributed by atoms with Crippen molar-refractivity contribution in [2.75, 3.05) is 0 Å². The van der Waals surface area contributed by atoms with Crippen LogP contribution in [0.4, 0.5) is 0 Å². The standard InChI is InChI=1S/C14H20O6/c1-9-4-3-5-13(17)20-10(2)8-12(16)11(15)6-7-14(18)19-9/h3,5-7,9-12,15-16H,4,8H2,1-2H3/b5-3-,7-6-/t9-,10-,11+,12-/m1/s1. The molecule has 1 rings (SSSR count). The third kappa shape index (κ3) is 5.99. The first-order valence-electron chi connectivity index (χ1n) is 6.50. The number of esters is 2. The molecule has 20 heavy (non-hydrogen) atoms. The minimum Gasteiger partial charge on any atom is -0.459 e. The molecule has 1 aliphatic rings. The lowest BCUT2D eigenvalue weighted by Gasteiger charge is -2.19. The minimum absolute atomic E-state index is 0.0660. The maximum absolute atomic E-state index is 11.4. The van der Waals surface area contributed by atoms with Gasteiger partial charge in [-0.2, -0.15) is 0 Å². The van der Waals surface area contributed by atoms with Gasteiger partial charge in [-0.15, -0.1) is 0 Å². The molecule has 0 aromatic carbocycles. The number of carbonyl (C=O) groups is 2. The van der Waals surface area contributed by atoms with Gasteiger partial charge in [-0.3, -0.25) is 0 Å². The van der Waals surface area contributed by atoms with Crippen LogP contribution in [-0.4, -0.2) is 46.6 Å². The fourth-order valence-electron chi connectivity index (χ4n) is 1.71. The van der Waals surface area contributed by atoms with Crippen LogP contribution < -0.4 is 0 Å². The lowest BCUT2D eigenvalue weighted by molar-refractivity contribution is -0.144. The van der Waals surface area contributed by atoms with E-state index in [2.05, 4.69) is 0 Å². The number of aliphatic hydroxyl groups is 2. The first-order chi connectivity index (χ1) is 9.38. The summed E-state index contributed by atoms with van der Waals surface area (Å²) < 4.78 is 10.1. The second-order valence-electron chi connectivity index (χ2n) is 4.79. The normalized spacial score (nSPS) is 36.4. The van der Waals surface area contributed by atoms with Gasteiger partial charge in [-0.25, -0.2) is 9.59 Å². The van der Waals surface area contributed by atoms with E-state index in [-0.39, 0.29) is 6.42 Å². The Kier molecular flexibility index (Phi) is 6.41. The van der Waals surface area contributed by atoms with Gasteiger partial charge >= 0.3 is 11.9 Å². The number of aliphatic hydroxyl groups excluding tert-OH is 2. The van der Waals surface area contributed by atoms with Gasteiger partial charge in [0.25, 0.3) is 0 Å². The molecule has 1 aliphatic heterocycles. The molecule has 6 nitrogen and oxygen atoms in total. The van der Waals surface area contributed by atoms with Crippen LogP contribution in [0, 0.1) is 0 Å². The van der Waals surface area contributed by atoms with E-state index in [1.165, 1.54) is 6.08 Å². The summed E-state index contributed by atoms with van der Waals surface area (Å²) in [7, 11) is 0. The van der Waals surface area contributed by atoms with Crippen molar-refractivity contribution >= 4 is 11.9 Å². The van der Waals surface area contributed by atoms with Crippen molar-refractivity contribution in [2.45, 2.75) is 51.1 Å². The highest BCUT2D eigenvalue weighted by molar-refractivity contribution is 5.82. The molecule has 0 saturated heterocycles. The lowest BCUT2D eigenvalue weighted by atomic mass is 10.1. The lowest BCUT2D eigenvalue weighted by Crippen LogP contribution is -2.29. The Morgan fingerprint density at radius 2 is 1.65 bits per heavy atom. The average molecular weight is 284 g/mol. The number of carbonyl (C=O) groups excluding carboxylic acids is 2. The smallest absolute Gasteiger partial charge is 0.330 e. The summed E-state index contributed by atoms with van der Waals surface area (Å²) in [5.41, 5.74) is 0. The van der Waals surface area contributed by atoms with Crippen LogP contribution in [0.2, 0.25) is 0 Å². The van der Waals surface area contributed by atoms with Crippen molar-refractivity contribution in [3.05, 3.63) is 24.3 Å². The van der Waals surface area contributed by atoms with Gasteiger partial charge < -0.3 is 19.7 Å². The molecule has 0 radical (unpaired) electrons. The van der Waals surface area contributed by atoms with Gasteiger partial charge in [-0.1, -0.05) is 6.08 Å². The van der Waals surface area contributed by atoms with Crippen LogP contribution in [0.5, 0.6) is 0 Å². The molecular weight excluding hydrogens is 264 g/mol. The van der Waals surface area contributed by atoms with Crippen molar-refractivity contribution in [3.8, 4) is 0 Å². The largest absolute Gasteiger partial charge is 0.459 e. The van der Waals surface area contributed by atoms with E-state index in [0.29, 0.717) is 6.42 Å². The van der Waals surface area contributed by atoms with Crippen molar-refractivity contribution in [1.29, 1.82) is 0 Å². The Morgan fingerprint density at radius 3 is 2.35 bits per heavy atom. The fraction of sp³-hybridized carbons (Fsp3) is 0.571. The van der Waals surface area contributed by atoms with Crippen LogP contribution in [0.3, 0.4) is 0 Å². The highest BCUT2D eigenvalue weighted by Gasteiger charge is 2.19. The minimum atomic E-state index is -1.22. The van der Waals surface area contributed by atoms with Crippen molar-refractivity contribution in [3.63, 3.8) is 0 Å². The van der Waals surface area contributed by atoms with Gasteiger partial charge in [0.2, 0.25) is 0 Å². The van der Waals surface area contributed by atoms with E-state index in [9.17, 15) is 19.8 Å². The number of cyclic esters (lactones) is 2. The first-order valence-corrected chi connectivity index (χ1v) is 6.50. The SMILES string of the molecule is C[C@@H]1C/C=C\C(=O)O[C@H](C)C[C@@H](O)[C@@H](O)/C=C\C(=O)O1. The van der Waals surface area contributed by atoms with Crippen molar-refractivity contribution in [1.82, 2.24) is 0 Å². The fourth-order valence-corrected chi connectivity index (χ4v) is 1.71. The highest BCUT2D eigenvalue weighted by Crippen LogP contribution is 2.09. The Hall–Kier alpha value is -1.66. The zero-order valence-corrected chi connectivity index (χ0v) is 11.6. The Labute approximate surface area is 117 Å². The molecule has 0 spiro atoms. The number of hydrogen-bond acceptors (Lipinski definition) is 6. The molecule has 0 unspecified atom stereocenters. The maximum atomic E-state index is 11.4. The number of hydrogen-bond donors (Lipinski definition) is 2. The molecule has 0 bridgehead atoms. The number of rotatable bonds is 0. The first kappa shape index (κ1) is 16.4. The molecule has 112 valence electrons. The monoisotopic (exact) mass is 284 g/mol.